The number of hydrogen-bond donors (Lipinski definition) is 0. The van der Waals surface area contributed by atoms with Crippen LogP contribution in [0.2, 0.25) is 0 Å². The molecule has 0 radical (unpaired) electrons. The molecular formula is C27H33BO3. The van der Waals surface area contributed by atoms with Crippen LogP contribution in [0.4, 0.5) is 0 Å². The van der Waals surface area contributed by atoms with Crippen LogP contribution in [0.25, 0.3) is 0 Å². The SMILES string of the molecule is Cc1ccc(C)c(COB(OCc2cc(C)ccc2C)OCc2cc(C)ccc2C)c1. The second-order valence-corrected chi connectivity index (χ2v) is 8.51. The minimum absolute atomic E-state index is 0.442. The van der Waals surface area contributed by atoms with Crippen molar-refractivity contribution in [1.82, 2.24) is 0 Å². The molecule has 0 fully saturated rings. The first-order valence-electron chi connectivity index (χ1n) is 10.8. The van der Waals surface area contributed by atoms with Gasteiger partial charge in [0.25, 0.3) is 0 Å². The van der Waals surface area contributed by atoms with Crippen LogP contribution in [0.15, 0.2) is 54.6 Å². The van der Waals surface area contributed by atoms with Crippen molar-refractivity contribution in [2.24, 2.45) is 0 Å². The summed E-state index contributed by atoms with van der Waals surface area (Å²) >= 11 is 0. The fraction of sp³-hybridized carbons (Fsp3) is 0.333. The fourth-order valence-corrected chi connectivity index (χ4v) is 3.49. The highest BCUT2D eigenvalue weighted by Gasteiger charge is 2.23. The highest BCUT2D eigenvalue weighted by Crippen LogP contribution is 2.17. The molecular weight excluding hydrogens is 383 g/mol. The van der Waals surface area contributed by atoms with E-state index in [1.165, 1.54) is 33.4 Å². The molecule has 0 aliphatic carbocycles. The molecule has 0 spiro atoms. The van der Waals surface area contributed by atoms with Gasteiger partial charge in [-0.2, -0.15) is 0 Å². The van der Waals surface area contributed by atoms with E-state index in [1.807, 2.05) is 0 Å². The van der Waals surface area contributed by atoms with Gasteiger partial charge in [0.2, 0.25) is 0 Å². The molecule has 0 unspecified atom stereocenters. The van der Waals surface area contributed by atoms with Crippen molar-refractivity contribution in [3.8, 4) is 0 Å². The first kappa shape index (κ1) is 23.3. The van der Waals surface area contributed by atoms with E-state index in [4.69, 9.17) is 14.0 Å². The Morgan fingerprint density at radius 1 is 0.484 bits per heavy atom. The first-order chi connectivity index (χ1) is 14.8. The van der Waals surface area contributed by atoms with Crippen molar-refractivity contribution < 1.29 is 14.0 Å². The second kappa shape index (κ2) is 10.8. The summed E-state index contributed by atoms with van der Waals surface area (Å²) in [7, 11) is -0.750. The van der Waals surface area contributed by atoms with E-state index < -0.39 is 7.32 Å². The Morgan fingerprint density at radius 2 is 0.774 bits per heavy atom. The molecule has 3 nitrogen and oxygen atoms in total. The molecule has 0 aromatic heterocycles. The van der Waals surface area contributed by atoms with Crippen LogP contribution >= 0.6 is 0 Å². The standard InChI is InChI=1S/C27H33BO3/c1-19-7-10-22(4)25(13-19)16-29-28(30-17-26-14-20(2)8-11-23(26)5)31-18-27-15-21(3)9-12-24(27)6/h7-15H,16-18H2,1-6H3. The van der Waals surface area contributed by atoms with Crippen LogP contribution in [0.5, 0.6) is 0 Å². The Hall–Kier alpha value is -2.40. The van der Waals surface area contributed by atoms with Gasteiger partial charge in [-0.3, -0.25) is 0 Å². The van der Waals surface area contributed by atoms with Gasteiger partial charge in [-0.05, 0) is 74.9 Å². The predicted octanol–water partition coefficient (Wildman–Crippen LogP) is 6.47. The summed E-state index contributed by atoms with van der Waals surface area (Å²) < 4.78 is 18.3. The average molecular weight is 416 g/mol. The maximum atomic E-state index is 6.10. The van der Waals surface area contributed by atoms with Gasteiger partial charge in [0.15, 0.2) is 0 Å². The lowest BCUT2D eigenvalue weighted by molar-refractivity contribution is 0.0762. The van der Waals surface area contributed by atoms with Crippen molar-refractivity contribution >= 4 is 7.32 Å². The van der Waals surface area contributed by atoms with Gasteiger partial charge in [0, 0.05) is 0 Å². The monoisotopic (exact) mass is 416 g/mol. The van der Waals surface area contributed by atoms with Crippen LogP contribution in [0.3, 0.4) is 0 Å². The highest BCUT2D eigenvalue weighted by atomic mass is 16.7. The van der Waals surface area contributed by atoms with Gasteiger partial charge in [-0.1, -0.05) is 71.3 Å². The van der Waals surface area contributed by atoms with E-state index in [0.717, 1.165) is 16.7 Å². The minimum atomic E-state index is -0.750. The van der Waals surface area contributed by atoms with Gasteiger partial charge < -0.3 is 14.0 Å². The third-order valence-electron chi connectivity index (χ3n) is 5.64. The average Bonchev–Trinajstić information content (AvgIpc) is 2.74. The summed E-state index contributed by atoms with van der Waals surface area (Å²) in [5.74, 6) is 0. The maximum Gasteiger partial charge on any atom is 0.640 e. The lowest BCUT2D eigenvalue weighted by atomic mass is 10.0. The van der Waals surface area contributed by atoms with E-state index in [9.17, 15) is 0 Å². The smallest absolute Gasteiger partial charge is 0.382 e. The summed E-state index contributed by atoms with van der Waals surface area (Å²) in [5.41, 5.74) is 10.7. The summed E-state index contributed by atoms with van der Waals surface area (Å²) in [6.45, 7) is 13.9. The van der Waals surface area contributed by atoms with Gasteiger partial charge in [0.1, 0.15) is 0 Å². The molecule has 0 saturated carbocycles. The number of hydrogen-bond acceptors (Lipinski definition) is 3. The number of benzene rings is 3. The highest BCUT2D eigenvalue weighted by molar-refractivity contribution is 6.36. The van der Waals surface area contributed by atoms with Crippen molar-refractivity contribution in [3.05, 3.63) is 105 Å². The zero-order chi connectivity index (χ0) is 22.4. The zero-order valence-corrected chi connectivity index (χ0v) is 19.6. The van der Waals surface area contributed by atoms with Crippen LogP contribution in [-0.2, 0) is 33.8 Å². The van der Waals surface area contributed by atoms with Gasteiger partial charge in [-0.25, -0.2) is 0 Å². The van der Waals surface area contributed by atoms with E-state index >= 15 is 0 Å². The van der Waals surface area contributed by atoms with E-state index in [1.54, 1.807) is 0 Å². The summed E-state index contributed by atoms with van der Waals surface area (Å²) in [4.78, 5) is 0. The quantitative estimate of drug-likeness (QED) is 0.374. The summed E-state index contributed by atoms with van der Waals surface area (Å²) in [6.07, 6.45) is 0. The lowest BCUT2D eigenvalue weighted by Gasteiger charge is -2.18. The van der Waals surface area contributed by atoms with Crippen molar-refractivity contribution in [1.29, 1.82) is 0 Å². The van der Waals surface area contributed by atoms with E-state index in [2.05, 4.69) is 96.1 Å². The molecule has 0 amide bonds. The molecule has 4 heteroatoms. The van der Waals surface area contributed by atoms with Crippen LogP contribution in [-0.4, -0.2) is 7.32 Å². The Kier molecular flexibility index (Phi) is 8.08. The third-order valence-corrected chi connectivity index (χ3v) is 5.64. The van der Waals surface area contributed by atoms with Crippen molar-refractivity contribution in [2.75, 3.05) is 0 Å². The second-order valence-electron chi connectivity index (χ2n) is 8.51. The zero-order valence-electron chi connectivity index (χ0n) is 19.6. The van der Waals surface area contributed by atoms with Crippen LogP contribution in [0, 0.1) is 41.5 Å². The van der Waals surface area contributed by atoms with Crippen LogP contribution in [0.1, 0.15) is 50.1 Å². The normalized spacial score (nSPS) is 11.0. The predicted molar refractivity (Wildman–Crippen MR) is 128 cm³/mol. The molecule has 0 saturated heterocycles. The Bertz CT molecular complexity index is 897. The number of aryl methyl sites for hydroxylation is 6. The molecule has 31 heavy (non-hydrogen) atoms. The Balaban J connectivity index is 1.71. The summed E-state index contributed by atoms with van der Waals surface area (Å²) in [5, 5.41) is 0. The fourth-order valence-electron chi connectivity index (χ4n) is 3.49. The molecule has 0 aliphatic rings. The molecule has 0 atom stereocenters. The van der Waals surface area contributed by atoms with E-state index in [0.29, 0.717) is 19.8 Å². The molecule has 3 rings (SSSR count). The Labute approximate surface area is 187 Å². The molecule has 3 aromatic rings. The third kappa shape index (κ3) is 6.80. The molecule has 0 N–H and O–H groups in total. The van der Waals surface area contributed by atoms with Gasteiger partial charge in [0.05, 0.1) is 19.8 Å². The largest absolute Gasteiger partial charge is 0.640 e. The van der Waals surface area contributed by atoms with Crippen LogP contribution < -0.4 is 0 Å². The molecule has 3 aromatic carbocycles. The molecule has 0 aliphatic heterocycles. The lowest BCUT2D eigenvalue weighted by Crippen LogP contribution is -2.27. The number of rotatable bonds is 9. The molecule has 162 valence electrons. The van der Waals surface area contributed by atoms with Crippen molar-refractivity contribution in [3.63, 3.8) is 0 Å². The molecule has 0 heterocycles. The topological polar surface area (TPSA) is 27.7 Å². The maximum absolute atomic E-state index is 6.10. The van der Waals surface area contributed by atoms with Crippen molar-refractivity contribution in [2.45, 2.75) is 61.4 Å². The Morgan fingerprint density at radius 3 is 1.06 bits per heavy atom. The van der Waals surface area contributed by atoms with Gasteiger partial charge >= 0.3 is 7.32 Å². The van der Waals surface area contributed by atoms with E-state index in [-0.39, 0.29) is 0 Å². The molecule has 0 bridgehead atoms. The summed E-state index contributed by atoms with van der Waals surface area (Å²) in [6, 6.07) is 19.2. The minimum Gasteiger partial charge on any atom is -0.382 e. The first-order valence-corrected chi connectivity index (χ1v) is 10.8. The van der Waals surface area contributed by atoms with Gasteiger partial charge in [-0.15, -0.1) is 0 Å².